The van der Waals surface area contributed by atoms with Gasteiger partial charge in [0.15, 0.2) is 5.13 Å². The topological polar surface area (TPSA) is 77.8 Å². The number of aromatic nitrogens is 1. The Bertz CT molecular complexity index is 776. The molecule has 112 valence electrons. The van der Waals surface area contributed by atoms with Crippen LogP contribution in [0.5, 0.6) is 0 Å². The molecule has 0 aliphatic heterocycles. The minimum atomic E-state index is -0.511. The number of carbonyl (C=O) groups excluding carboxylic acids is 1. The van der Waals surface area contributed by atoms with Crippen molar-refractivity contribution in [2.75, 3.05) is 10.6 Å². The summed E-state index contributed by atoms with van der Waals surface area (Å²) < 4.78 is 0. The van der Waals surface area contributed by atoms with Crippen LogP contribution in [0.1, 0.15) is 11.3 Å². The zero-order valence-electron chi connectivity index (χ0n) is 12.0. The maximum Gasteiger partial charge on any atom is 0.267 e. The van der Waals surface area contributed by atoms with Crippen molar-refractivity contribution in [2.45, 2.75) is 13.8 Å². The van der Waals surface area contributed by atoms with Crippen LogP contribution in [-0.4, -0.2) is 10.9 Å². The SMILES string of the molecule is Cc1csc(N/C=C(/C#N)C(=O)Nc2ccc(C)c(Cl)c2)n1. The fourth-order valence-electron chi connectivity index (χ4n) is 1.57. The number of nitrogens with zero attached hydrogens (tertiary/aromatic N) is 2. The lowest BCUT2D eigenvalue weighted by Gasteiger charge is -2.06. The monoisotopic (exact) mass is 332 g/mol. The number of anilines is 2. The van der Waals surface area contributed by atoms with E-state index in [1.807, 2.05) is 25.3 Å². The first kappa shape index (κ1) is 16.0. The molecular weight excluding hydrogens is 320 g/mol. The summed E-state index contributed by atoms with van der Waals surface area (Å²) in [6.45, 7) is 3.74. The largest absolute Gasteiger partial charge is 0.337 e. The lowest BCUT2D eigenvalue weighted by Crippen LogP contribution is -2.14. The Morgan fingerprint density at radius 3 is 2.82 bits per heavy atom. The lowest BCUT2D eigenvalue weighted by molar-refractivity contribution is -0.112. The number of halogens is 1. The number of amides is 1. The predicted octanol–water partition coefficient (Wildman–Crippen LogP) is 3.87. The maximum atomic E-state index is 12.1. The first-order valence-electron chi connectivity index (χ1n) is 6.36. The number of nitrogens with one attached hydrogen (secondary N) is 2. The first-order chi connectivity index (χ1) is 10.5. The molecule has 0 aliphatic rings. The van der Waals surface area contributed by atoms with Crippen molar-refractivity contribution in [3.8, 4) is 6.07 Å². The van der Waals surface area contributed by atoms with Crippen LogP contribution in [0.25, 0.3) is 0 Å². The van der Waals surface area contributed by atoms with Gasteiger partial charge in [-0.2, -0.15) is 5.26 Å². The van der Waals surface area contributed by atoms with Crippen LogP contribution in [0, 0.1) is 25.2 Å². The van der Waals surface area contributed by atoms with Crippen LogP contribution in [0.4, 0.5) is 10.8 Å². The third-order valence-electron chi connectivity index (χ3n) is 2.75. The highest BCUT2D eigenvalue weighted by Gasteiger charge is 2.10. The Hall–Kier alpha value is -2.36. The molecule has 1 aromatic carbocycles. The van der Waals surface area contributed by atoms with Crippen molar-refractivity contribution in [3.05, 3.63) is 51.6 Å². The second-order valence-electron chi connectivity index (χ2n) is 4.53. The molecule has 0 radical (unpaired) electrons. The van der Waals surface area contributed by atoms with E-state index in [4.69, 9.17) is 16.9 Å². The highest BCUT2D eigenvalue weighted by Crippen LogP contribution is 2.20. The molecule has 0 unspecified atom stereocenters. The smallest absolute Gasteiger partial charge is 0.267 e. The molecule has 0 aliphatic carbocycles. The Morgan fingerprint density at radius 1 is 1.45 bits per heavy atom. The van der Waals surface area contributed by atoms with Crippen molar-refractivity contribution < 1.29 is 4.79 Å². The quantitative estimate of drug-likeness (QED) is 0.658. The number of hydrogen-bond acceptors (Lipinski definition) is 5. The van der Waals surface area contributed by atoms with E-state index in [2.05, 4.69) is 15.6 Å². The van der Waals surface area contributed by atoms with Crippen molar-refractivity contribution in [2.24, 2.45) is 0 Å². The van der Waals surface area contributed by atoms with Gasteiger partial charge >= 0.3 is 0 Å². The molecular formula is C15H13ClN4OS. The third-order valence-corrected chi connectivity index (χ3v) is 4.05. The molecule has 2 rings (SSSR count). The summed E-state index contributed by atoms with van der Waals surface area (Å²) in [7, 11) is 0. The van der Waals surface area contributed by atoms with E-state index in [1.165, 1.54) is 17.5 Å². The maximum absolute atomic E-state index is 12.1. The van der Waals surface area contributed by atoms with Gasteiger partial charge in [0.1, 0.15) is 11.6 Å². The van der Waals surface area contributed by atoms with Gasteiger partial charge in [0, 0.05) is 22.3 Å². The minimum absolute atomic E-state index is 0.0513. The molecule has 0 spiro atoms. The van der Waals surface area contributed by atoms with Gasteiger partial charge < -0.3 is 10.6 Å². The molecule has 0 fully saturated rings. The summed E-state index contributed by atoms with van der Waals surface area (Å²) in [6, 6.07) is 7.02. The highest BCUT2D eigenvalue weighted by molar-refractivity contribution is 7.13. The molecule has 7 heteroatoms. The van der Waals surface area contributed by atoms with E-state index in [9.17, 15) is 4.79 Å². The van der Waals surface area contributed by atoms with E-state index in [0.717, 1.165) is 11.3 Å². The van der Waals surface area contributed by atoms with Crippen molar-refractivity contribution in [1.29, 1.82) is 5.26 Å². The predicted molar refractivity (Wildman–Crippen MR) is 89.0 cm³/mol. The van der Waals surface area contributed by atoms with E-state index < -0.39 is 5.91 Å². The molecule has 1 amide bonds. The van der Waals surface area contributed by atoms with Gasteiger partial charge in [-0.3, -0.25) is 4.79 Å². The van der Waals surface area contributed by atoms with Crippen LogP contribution in [0.15, 0.2) is 35.4 Å². The fourth-order valence-corrected chi connectivity index (χ4v) is 2.41. The first-order valence-corrected chi connectivity index (χ1v) is 7.62. The van der Waals surface area contributed by atoms with Crippen molar-refractivity contribution >= 4 is 39.7 Å². The number of thiazole rings is 1. The summed E-state index contributed by atoms with van der Waals surface area (Å²) in [5, 5.41) is 17.6. The summed E-state index contributed by atoms with van der Waals surface area (Å²) in [5.41, 5.74) is 2.27. The van der Waals surface area contributed by atoms with Gasteiger partial charge in [-0.1, -0.05) is 17.7 Å². The number of hydrogen-bond donors (Lipinski definition) is 2. The standard InChI is InChI=1S/C15H13ClN4OS/c1-9-3-4-12(5-13(9)16)20-14(21)11(6-17)7-18-15-19-10(2)8-22-15/h3-5,7-8H,1-2H3,(H,18,19)(H,20,21)/b11-7-. The minimum Gasteiger partial charge on any atom is -0.337 e. The average molecular weight is 333 g/mol. The van der Waals surface area contributed by atoms with E-state index in [1.54, 1.807) is 18.2 Å². The van der Waals surface area contributed by atoms with Gasteiger partial charge in [-0.25, -0.2) is 4.98 Å². The molecule has 22 heavy (non-hydrogen) atoms. The Morgan fingerprint density at radius 2 is 2.23 bits per heavy atom. The van der Waals surface area contributed by atoms with Gasteiger partial charge in [0.25, 0.3) is 5.91 Å². The van der Waals surface area contributed by atoms with E-state index in [-0.39, 0.29) is 5.57 Å². The molecule has 0 atom stereocenters. The fraction of sp³-hybridized carbons (Fsp3) is 0.133. The summed E-state index contributed by atoms with van der Waals surface area (Å²) in [6.07, 6.45) is 1.34. The Labute approximate surface area is 137 Å². The lowest BCUT2D eigenvalue weighted by atomic mass is 10.2. The molecule has 1 heterocycles. The van der Waals surface area contributed by atoms with Crippen LogP contribution < -0.4 is 10.6 Å². The Kier molecular flexibility index (Phi) is 5.15. The normalized spacial score (nSPS) is 10.9. The molecule has 2 aromatic rings. The number of benzene rings is 1. The van der Waals surface area contributed by atoms with Gasteiger partial charge in [0.2, 0.25) is 0 Å². The Balaban J connectivity index is 2.08. The second-order valence-corrected chi connectivity index (χ2v) is 5.79. The zero-order valence-corrected chi connectivity index (χ0v) is 13.5. The van der Waals surface area contributed by atoms with Gasteiger partial charge in [-0.15, -0.1) is 11.3 Å². The van der Waals surface area contributed by atoms with Crippen LogP contribution in [0.3, 0.4) is 0 Å². The number of carbonyl (C=O) groups is 1. The van der Waals surface area contributed by atoms with E-state index >= 15 is 0 Å². The van der Waals surface area contributed by atoms with Gasteiger partial charge in [0.05, 0.1) is 5.69 Å². The molecule has 1 aromatic heterocycles. The van der Waals surface area contributed by atoms with Crippen LogP contribution in [-0.2, 0) is 4.79 Å². The second kappa shape index (κ2) is 7.07. The number of aryl methyl sites for hydroxylation is 2. The highest BCUT2D eigenvalue weighted by atomic mass is 35.5. The summed E-state index contributed by atoms with van der Waals surface area (Å²) >= 11 is 7.40. The molecule has 0 bridgehead atoms. The van der Waals surface area contributed by atoms with Gasteiger partial charge in [-0.05, 0) is 31.5 Å². The van der Waals surface area contributed by atoms with Crippen molar-refractivity contribution in [3.63, 3.8) is 0 Å². The zero-order chi connectivity index (χ0) is 16.1. The summed E-state index contributed by atoms with van der Waals surface area (Å²) in [4.78, 5) is 16.3. The molecule has 0 saturated heterocycles. The third kappa shape index (κ3) is 4.07. The molecule has 2 N–H and O–H groups in total. The van der Waals surface area contributed by atoms with E-state index in [0.29, 0.717) is 15.8 Å². The number of rotatable bonds is 4. The average Bonchev–Trinajstić information content (AvgIpc) is 2.89. The van der Waals surface area contributed by atoms with Crippen LogP contribution in [0.2, 0.25) is 5.02 Å². The molecule has 0 saturated carbocycles. The van der Waals surface area contributed by atoms with Crippen LogP contribution >= 0.6 is 22.9 Å². The molecule has 5 nitrogen and oxygen atoms in total. The van der Waals surface area contributed by atoms with Crippen molar-refractivity contribution in [1.82, 2.24) is 4.98 Å². The summed E-state index contributed by atoms with van der Waals surface area (Å²) in [5.74, 6) is -0.511. The number of nitriles is 1.